The first-order valence-electron chi connectivity index (χ1n) is 9.05. The average molecular weight is 387 g/mol. The van der Waals surface area contributed by atoms with Gasteiger partial charge in [-0.1, -0.05) is 5.16 Å². The Balaban J connectivity index is 1.82. The molecule has 1 aromatic heterocycles. The van der Waals surface area contributed by atoms with Crippen molar-refractivity contribution in [3.63, 3.8) is 0 Å². The lowest BCUT2D eigenvalue weighted by Gasteiger charge is -2.44. The summed E-state index contributed by atoms with van der Waals surface area (Å²) >= 11 is 0. The fourth-order valence-corrected chi connectivity index (χ4v) is 4.89. The molecule has 8 nitrogen and oxygen atoms in total. The molecule has 1 aliphatic heterocycles. The maximum Gasteiger partial charge on any atom is 0.202 e. The van der Waals surface area contributed by atoms with E-state index in [0.29, 0.717) is 40.5 Å². The lowest BCUT2D eigenvalue weighted by molar-refractivity contribution is -0.167. The van der Waals surface area contributed by atoms with Crippen molar-refractivity contribution in [1.29, 1.82) is 0 Å². The van der Waals surface area contributed by atoms with Crippen LogP contribution in [0.5, 0.6) is 11.5 Å². The Labute approximate surface area is 161 Å². The maximum atomic E-state index is 13.7. The van der Waals surface area contributed by atoms with Crippen molar-refractivity contribution >= 4 is 5.78 Å². The molecule has 1 N–H and O–H groups in total. The second-order valence-corrected chi connectivity index (χ2v) is 8.17. The molecule has 0 unspecified atom stereocenters. The first-order valence-corrected chi connectivity index (χ1v) is 9.05. The highest BCUT2D eigenvalue weighted by Crippen LogP contribution is 2.58. The Hall–Kier alpha value is -2.42. The van der Waals surface area contributed by atoms with Crippen LogP contribution in [-0.4, -0.2) is 47.8 Å². The summed E-state index contributed by atoms with van der Waals surface area (Å²) in [5.41, 5.74) is -1.51. The predicted molar refractivity (Wildman–Crippen MR) is 95.4 cm³/mol. The summed E-state index contributed by atoms with van der Waals surface area (Å²) < 4.78 is 28.5. The van der Waals surface area contributed by atoms with Crippen LogP contribution in [0.2, 0.25) is 0 Å². The Morgan fingerprint density at radius 2 is 1.96 bits per heavy atom. The number of hydrogen-bond acceptors (Lipinski definition) is 8. The van der Waals surface area contributed by atoms with E-state index in [1.807, 2.05) is 6.92 Å². The molecule has 2 aromatic rings. The molecule has 1 saturated heterocycles. The number of methoxy groups -OCH3 is 2. The molecule has 2 aliphatic carbocycles. The summed E-state index contributed by atoms with van der Waals surface area (Å²) in [5, 5.41) is 16.0. The lowest BCUT2D eigenvalue weighted by atomic mass is 9.65. The van der Waals surface area contributed by atoms with Crippen LogP contribution in [0.1, 0.15) is 42.5 Å². The number of carbonyl (C=O) groups is 1. The molecule has 0 radical (unpaired) electrons. The second kappa shape index (κ2) is 5.14. The number of rotatable bonds is 2. The van der Waals surface area contributed by atoms with Gasteiger partial charge in [0, 0.05) is 18.1 Å². The van der Waals surface area contributed by atoms with Gasteiger partial charge >= 0.3 is 0 Å². The zero-order valence-corrected chi connectivity index (χ0v) is 16.3. The first kappa shape index (κ1) is 17.7. The summed E-state index contributed by atoms with van der Waals surface area (Å²) in [6.45, 7) is 5.33. The minimum atomic E-state index is -1.99. The highest BCUT2D eigenvalue weighted by atomic mass is 16.8. The zero-order chi connectivity index (χ0) is 20.1. The number of nitrogens with zero attached hydrogens (tertiary/aromatic N) is 1. The number of hydrogen-bond donors (Lipinski definition) is 1. The summed E-state index contributed by atoms with van der Waals surface area (Å²) in [5.74, 6) is -0.220. The Morgan fingerprint density at radius 3 is 2.64 bits per heavy atom. The predicted octanol–water partition coefficient (Wildman–Crippen LogP) is 2.21. The summed E-state index contributed by atoms with van der Waals surface area (Å²) in [7, 11) is 3.00. The molecule has 148 valence electrons. The normalized spacial score (nSPS) is 31.8. The van der Waals surface area contributed by atoms with Crippen molar-refractivity contribution in [3.8, 4) is 22.8 Å². The summed E-state index contributed by atoms with van der Waals surface area (Å²) in [6, 6.07) is 3.24. The number of fused-ring (bicyclic) bond motifs is 4. The van der Waals surface area contributed by atoms with Gasteiger partial charge in [0.1, 0.15) is 34.7 Å². The van der Waals surface area contributed by atoms with Crippen molar-refractivity contribution in [2.75, 3.05) is 14.2 Å². The number of benzene rings is 1. The van der Waals surface area contributed by atoms with Gasteiger partial charge in [-0.05, 0) is 26.8 Å². The highest BCUT2D eigenvalue weighted by Gasteiger charge is 2.69. The quantitative estimate of drug-likeness (QED) is 0.837. The lowest BCUT2D eigenvalue weighted by Crippen LogP contribution is -2.60. The van der Waals surface area contributed by atoms with E-state index in [1.54, 1.807) is 26.0 Å². The number of Topliss-reactive ketones (excluding diaryl/α,β-unsaturated/α-hetero) is 1. The smallest absolute Gasteiger partial charge is 0.202 e. The SMILES string of the molecule is COc1cc(OC)c2c(c1)C(=O)[C@]1(O)c3c-2noc3C[C@]2(C)OC(C)(C)O[C@@H]21. The van der Waals surface area contributed by atoms with Gasteiger partial charge in [-0.3, -0.25) is 4.79 Å². The fraction of sp³-hybridized carbons (Fsp3) is 0.500. The van der Waals surface area contributed by atoms with Gasteiger partial charge in [-0.25, -0.2) is 0 Å². The Kier molecular flexibility index (Phi) is 3.24. The highest BCUT2D eigenvalue weighted by molar-refractivity contribution is 6.13. The van der Waals surface area contributed by atoms with Gasteiger partial charge in [0.05, 0.1) is 25.3 Å². The van der Waals surface area contributed by atoms with Gasteiger partial charge in [-0.15, -0.1) is 0 Å². The van der Waals surface area contributed by atoms with E-state index in [-0.39, 0.29) is 5.56 Å². The standard InChI is InChI=1S/C20H21NO7/c1-18(2)26-17-19(3,28-18)8-12-14-15(21-27-12)13-10(16(22)20(14,17)23)6-9(24-4)7-11(13)25-5/h6-7,17,23H,8H2,1-5H3/t17-,19-,20+/m0/s1. The third kappa shape index (κ3) is 1.95. The third-order valence-corrected chi connectivity index (χ3v) is 5.83. The molecule has 8 heteroatoms. The molecule has 0 saturated carbocycles. The van der Waals surface area contributed by atoms with E-state index in [2.05, 4.69) is 5.16 Å². The third-order valence-electron chi connectivity index (χ3n) is 5.83. The number of carbonyl (C=O) groups excluding carboxylic acids is 1. The molecule has 2 heterocycles. The minimum absolute atomic E-state index is 0.239. The number of ether oxygens (including phenoxy) is 4. The van der Waals surface area contributed by atoms with E-state index in [0.717, 1.165) is 0 Å². The largest absolute Gasteiger partial charge is 0.497 e. The van der Waals surface area contributed by atoms with Crippen molar-refractivity contribution in [3.05, 3.63) is 29.0 Å². The van der Waals surface area contributed by atoms with E-state index in [1.165, 1.54) is 14.2 Å². The maximum absolute atomic E-state index is 13.7. The topological polar surface area (TPSA) is 100 Å². The van der Waals surface area contributed by atoms with E-state index in [9.17, 15) is 9.90 Å². The van der Waals surface area contributed by atoms with Crippen LogP contribution in [-0.2, 0) is 21.5 Å². The van der Waals surface area contributed by atoms with E-state index >= 15 is 0 Å². The number of aromatic nitrogens is 1. The molecular weight excluding hydrogens is 366 g/mol. The molecule has 1 aromatic carbocycles. The molecule has 0 spiro atoms. The van der Waals surface area contributed by atoms with Crippen LogP contribution >= 0.6 is 0 Å². The van der Waals surface area contributed by atoms with Crippen LogP contribution in [0.3, 0.4) is 0 Å². The van der Waals surface area contributed by atoms with Gasteiger partial charge < -0.3 is 28.6 Å². The van der Waals surface area contributed by atoms with Crippen LogP contribution in [0, 0.1) is 0 Å². The molecule has 3 atom stereocenters. The van der Waals surface area contributed by atoms with Crippen LogP contribution in [0.15, 0.2) is 16.7 Å². The number of aliphatic hydroxyl groups is 1. The van der Waals surface area contributed by atoms with Gasteiger partial charge in [0.25, 0.3) is 0 Å². The van der Waals surface area contributed by atoms with E-state index in [4.69, 9.17) is 23.5 Å². The summed E-state index contributed by atoms with van der Waals surface area (Å²) in [6.07, 6.45) is -0.592. The van der Waals surface area contributed by atoms with Crippen LogP contribution < -0.4 is 9.47 Å². The molecular formula is C20H21NO7. The van der Waals surface area contributed by atoms with Crippen molar-refractivity contribution in [2.45, 2.75) is 50.3 Å². The van der Waals surface area contributed by atoms with Crippen molar-refractivity contribution < 1.29 is 33.4 Å². The molecule has 1 fully saturated rings. The Morgan fingerprint density at radius 1 is 1.21 bits per heavy atom. The molecule has 5 rings (SSSR count). The van der Waals surface area contributed by atoms with Crippen molar-refractivity contribution in [1.82, 2.24) is 5.16 Å². The van der Waals surface area contributed by atoms with Gasteiger partial charge in [0.2, 0.25) is 5.78 Å². The number of ketones is 1. The van der Waals surface area contributed by atoms with Crippen LogP contribution in [0.4, 0.5) is 0 Å². The zero-order valence-electron chi connectivity index (χ0n) is 16.3. The van der Waals surface area contributed by atoms with Gasteiger partial charge in [0.15, 0.2) is 11.4 Å². The molecule has 0 bridgehead atoms. The molecule has 28 heavy (non-hydrogen) atoms. The van der Waals surface area contributed by atoms with Crippen LogP contribution in [0.25, 0.3) is 11.3 Å². The Bertz CT molecular complexity index is 1030. The fourth-order valence-electron chi connectivity index (χ4n) is 4.89. The minimum Gasteiger partial charge on any atom is -0.497 e. The van der Waals surface area contributed by atoms with Crippen molar-refractivity contribution in [2.24, 2.45) is 0 Å². The van der Waals surface area contributed by atoms with Gasteiger partial charge in [-0.2, -0.15) is 0 Å². The molecule has 0 amide bonds. The first-order chi connectivity index (χ1) is 13.1. The summed E-state index contributed by atoms with van der Waals surface area (Å²) in [4.78, 5) is 13.7. The van der Waals surface area contributed by atoms with E-state index < -0.39 is 28.9 Å². The average Bonchev–Trinajstić information content (AvgIpc) is 3.16. The monoisotopic (exact) mass is 387 g/mol. The second-order valence-electron chi connectivity index (χ2n) is 8.17. The molecule has 3 aliphatic rings.